The normalized spacial score (nSPS) is 16.9. The van der Waals surface area contributed by atoms with Crippen molar-refractivity contribution in [2.45, 2.75) is 45.2 Å². The number of imidazole rings is 1. The Kier molecular flexibility index (Phi) is 3.56. The molecule has 1 aliphatic carbocycles. The van der Waals surface area contributed by atoms with Crippen LogP contribution in [0.2, 0.25) is 0 Å². The van der Waals surface area contributed by atoms with Crippen LogP contribution in [-0.4, -0.2) is 22.6 Å². The standard InChI is InChI=1S/C16H23N3/c1-3-6-16-18-13-7-4-5-8-15(13)19(16)11-14(17-2)12-9-10-12/h4-5,7-8,12,14,17H,3,6,9-11H2,1-2H3. The van der Waals surface area contributed by atoms with Gasteiger partial charge >= 0.3 is 0 Å². The number of fused-ring (bicyclic) bond motifs is 1. The van der Waals surface area contributed by atoms with E-state index in [1.165, 1.54) is 24.2 Å². The summed E-state index contributed by atoms with van der Waals surface area (Å²) in [6, 6.07) is 9.10. The van der Waals surface area contributed by atoms with Gasteiger partial charge in [0.15, 0.2) is 0 Å². The van der Waals surface area contributed by atoms with E-state index in [1.807, 2.05) is 0 Å². The molecule has 1 heterocycles. The van der Waals surface area contributed by atoms with Crippen LogP contribution < -0.4 is 5.32 Å². The van der Waals surface area contributed by atoms with Gasteiger partial charge in [-0.15, -0.1) is 0 Å². The number of para-hydroxylation sites is 2. The molecule has 1 saturated carbocycles. The maximum atomic E-state index is 4.80. The fourth-order valence-electron chi connectivity index (χ4n) is 2.91. The molecule has 3 nitrogen and oxygen atoms in total. The SMILES string of the molecule is CCCc1nc2ccccc2n1CC(NC)C1CC1. The molecule has 0 aliphatic heterocycles. The van der Waals surface area contributed by atoms with Crippen LogP contribution in [0.1, 0.15) is 32.0 Å². The highest BCUT2D eigenvalue weighted by Crippen LogP contribution is 2.33. The minimum atomic E-state index is 0.591. The lowest BCUT2D eigenvalue weighted by Gasteiger charge is -2.18. The van der Waals surface area contributed by atoms with Crippen LogP contribution in [0.15, 0.2) is 24.3 Å². The third-order valence-corrected chi connectivity index (χ3v) is 4.15. The van der Waals surface area contributed by atoms with Gasteiger partial charge in [0.2, 0.25) is 0 Å². The molecule has 3 rings (SSSR count). The van der Waals surface area contributed by atoms with E-state index in [2.05, 4.69) is 48.1 Å². The molecule has 0 saturated heterocycles. The molecular formula is C16H23N3. The molecule has 1 atom stereocenters. The predicted octanol–water partition coefficient (Wildman–Crippen LogP) is 2.99. The van der Waals surface area contributed by atoms with Crippen molar-refractivity contribution in [3.63, 3.8) is 0 Å². The Balaban J connectivity index is 1.96. The average Bonchev–Trinajstić information content (AvgIpc) is 3.21. The lowest BCUT2D eigenvalue weighted by Crippen LogP contribution is -2.32. The molecule has 0 radical (unpaired) electrons. The van der Waals surface area contributed by atoms with E-state index in [0.29, 0.717) is 6.04 Å². The molecule has 0 spiro atoms. The molecule has 0 bridgehead atoms. The van der Waals surface area contributed by atoms with Crippen molar-refractivity contribution in [3.05, 3.63) is 30.1 Å². The van der Waals surface area contributed by atoms with E-state index in [9.17, 15) is 0 Å². The molecule has 19 heavy (non-hydrogen) atoms. The molecule has 1 aromatic carbocycles. The molecule has 1 unspecified atom stereocenters. The Morgan fingerprint density at radius 1 is 1.37 bits per heavy atom. The second-order valence-corrected chi connectivity index (χ2v) is 5.61. The molecule has 102 valence electrons. The Morgan fingerprint density at radius 2 is 2.16 bits per heavy atom. The topological polar surface area (TPSA) is 29.9 Å². The average molecular weight is 257 g/mol. The predicted molar refractivity (Wildman–Crippen MR) is 79.3 cm³/mol. The molecule has 3 heteroatoms. The number of rotatable bonds is 6. The van der Waals surface area contributed by atoms with Gasteiger partial charge in [0, 0.05) is 19.0 Å². The minimum absolute atomic E-state index is 0.591. The van der Waals surface area contributed by atoms with Crippen molar-refractivity contribution in [2.24, 2.45) is 5.92 Å². The lowest BCUT2D eigenvalue weighted by atomic mass is 10.2. The summed E-state index contributed by atoms with van der Waals surface area (Å²) in [7, 11) is 2.08. The van der Waals surface area contributed by atoms with Gasteiger partial charge in [-0.3, -0.25) is 0 Å². The van der Waals surface area contributed by atoms with Crippen LogP contribution in [0.25, 0.3) is 11.0 Å². The number of benzene rings is 1. The first-order chi connectivity index (χ1) is 9.33. The van der Waals surface area contributed by atoms with Crippen molar-refractivity contribution >= 4 is 11.0 Å². The Morgan fingerprint density at radius 3 is 2.84 bits per heavy atom. The van der Waals surface area contributed by atoms with E-state index < -0.39 is 0 Å². The Hall–Kier alpha value is -1.35. The van der Waals surface area contributed by atoms with Crippen LogP contribution in [0.3, 0.4) is 0 Å². The summed E-state index contributed by atoms with van der Waals surface area (Å²) in [6.45, 7) is 3.27. The van der Waals surface area contributed by atoms with Crippen LogP contribution in [0.4, 0.5) is 0 Å². The first-order valence-corrected chi connectivity index (χ1v) is 7.45. The monoisotopic (exact) mass is 257 g/mol. The van der Waals surface area contributed by atoms with Gasteiger partial charge in [-0.1, -0.05) is 19.1 Å². The number of aryl methyl sites for hydroxylation is 1. The zero-order valence-corrected chi connectivity index (χ0v) is 11.9. The van der Waals surface area contributed by atoms with Crippen molar-refractivity contribution < 1.29 is 0 Å². The first-order valence-electron chi connectivity index (χ1n) is 7.45. The van der Waals surface area contributed by atoms with Crippen molar-refractivity contribution in [1.29, 1.82) is 0 Å². The Labute approximate surface area is 115 Å². The third kappa shape index (κ3) is 2.52. The number of hydrogen-bond acceptors (Lipinski definition) is 2. The van der Waals surface area contributed by atoms with Gasteiger partial charge in [0.05, 0.1) is 11.0 Å². The number of hydrogen-bond donors (Lipinski definition) is 1. The quantitative estimate of drug-likeness (QED) is 0.862. The van der Waals surface area contributed by atoms with Gasteiger partial charge in [-0.25, -0.2) is 4.98 Å². The molecule has 0 amide bonds. The van der Waals surface area contributed by atoms with Crippen molar-refractivity contribution in [2.75, 3.05) is 7.05 Å². The lowest BCUT2D eigenvalue weighted by molar-refractivity contribution is 0.433. The zero-order valence-electron chi connectivity index (χ0n) is 11.9. The minimum Gasteiger partial charge on any atom is -0.326 e. The fourth-order valence-corrected chi connectivity index (χ4v) is 2.91. The molecule has 1 aromatic heterocycles. The third-order valence-electron chi connectivity index (χ3n) is 4.15. The molecular weight excluding hydrogens is 234 g/mol. The van der Waals surface area contributed by atoms with Crippen LogP contribution in [0.5, 0.6) is 0 Å². The highest BCUT2D eigenvalue weighted by atomic mass is 15.1. The largest absolute Gasteiger partial charge is 0.326 e. The number of nitrogens with zero attached hydrogens (tertiary/aromatic N) is 2. The Bertz CT molecular complexity index is 554. The zero-order chi connectivity index (χ0) is 13.2. The smallest absolute Gasteiger partial charge is 0.109 e. The highest BCUT2D eigenvalue weighted by molar-refractivity contribution is 5.75. The maximum Gasteiger partial charge on any atom is 0.109 e. The van der Waals surface area contributed by atoms with Gasteiger partial charge in [0.1, 0.15) is 5.82 Å². The van der Waals surface area contributed by atoms with E-state index >= 15 is 0 Å². The summed E-state index contributed by atoms with van der Waals surface area (Å²) < 4.78 is 2.43. The van der Waals surface area contributed by atoms with Crippen LogP contribution >= 0.6 is 0 Å². The van der Waals surface area contributed by atoms with Gasteiger partial charge in [-0.2, -0.15) is 0 Å². The summed E-state index contributed by atoms with van der Waals surface area (Å²) >= 11 is 0. The second kappa shape index (κ2) is 5.33. The van der Waals surface area contributed by atoms with E-state index in [-0.39, 0.29) is 0 Å². The summed E-state index contributed by atoms with van der Waals surface area (Å²) in [5.41, 5.74) is 2.42. The van der Waals surface area contributed by atoms with Crippen molar-refractivity contribution in [3.8, 4) is 0 Å². The highest BCUT2D eigenvalue weighted by Gasteiger charge is 2.30. The van der Waals surface area contributed by atoms with E-state index in [4.69, 9.17) is 4.98 Å². The molecule has 1 fully saturated rings. The molecule has 1 aliphatic rings. The van der Waals surface area contributed by atoms with Gasteiger partial charge in [-0.05, 0) is 44.4 Å². The second-order valence-electron chi connectivity index (χ2n) is 5.61. The summed E-state index contributed by atoms with van der Waals surface area (Å²) in [5.74, 6) is 2.10. The van der Waals surface area contributed by atoms with Gasteiger partial charge < -0.3 is 9.88 Å². The number of aromatic nitrogens is 2. The van der Waals surface area contributed by atoms with E-state index in [1.54, 1.807) is 0 Å². The summed E-state index contributed by atoms with van der Waals surface area (Å²) in [5, 5.41) is 3.49. The fraction of sp³-hybridized carbons (Fsp3) is 0.562. The van der Waals surface area contributed by atoms with Gasteiger partial charge in [0.25, 0.3) is 0 Å². The van der Waals surface area contributed by atoms with Crippen LogP contribution in [0, 0.1) is 5.92 Å². The van der Waals surface area contributed by atoms with Crippen molar-refractivity contribution in [1.82, 2.24) is 14.9 Å². The molecule has 2 aromatic rings. The number of nitrogens with one attached hydrogen (secondary N) is 1. The maximum absolute atomic E-state index is 4.80. The summed E-state index contributed by atoms with van der Waals surface area (Å²) in [6.07, 6.45) is 4.97. The van der Waals surface area contributed by atoms with Crippen LogP contribution in [-0.2, 0) is 13.0 Å². The van der Waals surface area contributed by atoms with E-state index in [0.717, 1.165) is 30.8 Å². The first kappa shape index (κ1) is 12.7. The molecule has 1 N–H and O–H groups in total. The number of likely N-dealkylation sites (N-methyl/N-ethyl adjacent to an activating group) is 1. The summed E-state index contributed by atoms with van der Waals surface area (Å²) in [4.78, 5) is 4.80.